The number of benzene rings is 2. The number of rotatable bonds is 4. The SMILES string of the molecule is C#Cc1cccc(-c2cc(=O)n(C(F)(F)F)c3cnc(C(F)(c4ccc(Cl)cc4)c4cncn4C)cc23)c1. The Labute approximate surface area is 219 Å². The van der Waals surface area contributed by atoms with Crippen LogP contribution in [0.2, 0.25) is 5.02 Å². The molecule has 3 aromatic heterocycles. The van der Waals surface area contributed by atoms with Crippen LogP contribution in [-0.4, -0.2) is 19.1 Å². The molecule has 0 saturated carbocycles. The summed E-state index contributed by atoms with van der Waals surface area (Å²) in [7, 11) is 1.59. The number of imidazole rings is 1. The van der Waals surface area contributed by atoms with E-state index in [1.807, 2.05) is 0 Å². The lowest BCUT2D eigenvalue weighted by Crippen LogP contribution is -2.32. The molecule has 0 aliphatic heterocycles. The van der Waals surface area contributed by atoms with Gasteiger partial charge in [-0.1, -0.05) is 41.8 Å². The first-order chi connectivity index (χ1) is 18.0. The molecular weight excluding hydrogens is 520 g/mol. The van der Waals surface area contributed by atoms with E-state index >= 15 is 4.39 Å². The van der Waals surface area contributed by atoms with Crippen molar-refractivity contribution in [2.75, 3.05) is 0 Å². The molecule has 10 heteroatoms. The van der Waals surface area contributed by atoms with Gasteiger partial charge in [-0.3, -0.25) is 9.78 Å². The lowest BCUT2D eigenvalue weighted by molar-refractivity contribution is -0.203. The molecule has 0 radical (unpaired) electrons. The van der Waals surface area contributed by atoms with Crippen LogP contribution in [-0.2, 0) is 19.0 Å². The summed E-state index contributed by atoms with van der Waals surface area (Å²) in [6.07, 6.45) is 4.04. The molecule has 5 rings (SSSR count). The van der Waals surface area contributed by atoms with E-state index < -0.39 is 23.0 Å². The molecule has 0 N–H and O–H groups in total. The molecule has 5 nitrogen and oxygen atoms in total. The Bertz CT molecular complexity index is 1780. The van der Waals surface area contributed by atoms with Crippen LogP contribution in [0.15, 0.2) is 84.2 Å². The third kappa shape index (κ3) is 4.13. The Balaban J connectivity index is 1.89. The van der Waals surface area contributed by atoms with E-state index in [1.165, 1.54) is 47.4 Å². The average Bonchev–Trinajstić information content (AvgIpc) is 3.33. The maximum absolute atomic E-state index is 17.3. The summed E-state index contributed by atoms with van der Waals surface area (Å²) in [5.74, 6) is 2.47. The molecule has 0 aliphatic rings. The minimum Gasteiger partial charge on any atom is -0.334 e. The quantitative estimate of drug-likeness (QED) is 0.204. The van der Waals surface area contributed by atoms with E-state index in [-0.39, 0.29) is 32.5 Å². The van der Waals surface area contributed by atoms with Crippen molar-refractivity contribution < 1.29 is 17.6 Å². The van der Waals surface area contributed by atoms with Crippen LogP contribution in [0, 0.1) is 12.3 Å². The first kappa shape index (κ1) is 25.2. The van der Waals surface area contributed by atoms with Crippen molar-refractivity contribution in [3.63, 3.8) is 0 Å². The van der Waals surface area contributed by atoms with Crippen molar-refractivity contribution in [1.29, 1.82) is 0 Å². The largest absolute Gasteiger partial charge is 0.491 e. The van der Waals surface area contributed by atoms with Gasteiger partial charge in [0.15, 0.2) is 0 Å². The predicted octanol–water partition coefficient (Wildman–Crippen LogP) is 6.17. The maximum Gasteiger partial charge on any atom is 0.491 e. The summed E-state index contributed by atoms with van der Waals surface area (Å²) in [4.78, 5) is 20.8. The molecule has 3 heterocycles. The Hall–Kier alpha value is -4.42. The number of fused-ring (bicyclic) bond motifs is 1. The predicted molar refractivity (Wildman–Crippen MR) is 136 cm³/mol. The third-order valence-electron chi connectivity index (χ3n) is 6.26. The molecule has 0 aliphatic carbocycles. The number of pyridine rings is 2. The number of hydrogen-bond donors (Lipinski definition) is 0. The Morgan fingerprint density at radius 3 is 2.37 bits per heavy atom. The number of hydrogen-bond acceptors (Lipinski definition) is 3. The number of nitrogens with zero attached hydrogens (tertiary/aromatic N) is 4. The van der Waals surface area contributed by atoms with E-state index in [0.29, 0.717) is 16.1 Å². The van der Waals surface area contributed by atoms with Gasteiger partial charge in [0.25, 0.3) is 5.56 Å². The minimum atomic E-state index is -5.04. The van der Waals surface area contributed by atoms with Crippen molar-refractivity contribution in [3.8, 4) is 23.5 Å². The monoisotopic (exact) mass is 536 g/mol. The van der Waals surface area contributed by atoms with E-state index in [4.69, 9.17) is 18.0 Å². The fourth-order valence-corrected chi connectivity index (χ4v) is 4.61. The molecule has 0 bridgehead atoms. The standard InChI is InChI=1S/C28H17ClF4N4O/c1-3-17-5-4-6-18(11-17)21-13-26(38)37(28(31,32)33)23-14-35-24(12-22(21)23)27(30,25-15-34-16-36(25)2)19-7-9-20(29)10-8-19/h1,4-16H,2H3. The third-order valence-corrected chi connectivity index (χ3v) is 6.51. The van der Waals surface area contributed by atoms with Crippen molar-refractivity contribution >= 4 is 22.5 Å². The van der Waals surface area contributed by atoms with E-state index in [1.54, 1.807) is 31.3 Å². The fourth-order valence-electron chi connectivity index (χ4n) is 4.49. The summed E-state index contributed by atoms with van der Waals surface area (Å²) in [5, 5.41) is 0.330. The van der Waals surface area contributed by atoms with Gasteiger partial charge >= 0.3 is 6.30 Å². The van der Waals surface area contributed by atoms with Crippen molar-refractivity contribution in [2.45, 2.75) is 12.0 Å². The van der Waals surface area contributed by atoms with Gasteiger partial charge in [-0.2, -0.15) is 0 Å². The van der Waals surface area contributed by atoms with Gasteiger partial charge < -0.3 is 4.57 Å². The lowest BCUT2D eigenvalue weighted by Gasteiger charge is -2.27. The normalized spacial score (nSPS) is 13.3. The summed E-state index contributed by atoms with van der Waals surface area (Å²) in [6.45, 7) is 0. The molecular formula is C28H17ClF4N4O. The molecule has 1 atom stereocenters. The van der Waals surface area contributed by atoms with Gasteiger partial charge in [-0.15, -0.1) is 19.6 Å². The van der Waals surface area contributed by atoms with Gasteiger partial charge in [0, 0.05) is 34.6 Å². The molecule has 2 aromatic carbocycles. The molecule has 0 amide bonds. The average molecular weight is 537 g/mol. The minimum absolute atomic E-state index is 0.0424. The number of halogens is 5. The summed E-state index contributed by atoms with van der Waals surface area (Å²) < 4.78 is 60.3. The van der Waals surface area contributed by atoms with Crippen LogP contribution >= 0.6 is 11.6 Å². The highest BCUT2D eigenvalue weighted by Gasteiger charge is 2.42. The van der Waals surface area contributed by atoms with Crippen LogP contribution in [0.25, 0.3) is 22.0 Å². The number of aryl methyl sites for hydroxylation is 1. The molecule has 0 saturated heterocycles. The van der Waals surface area contributed by atoms with E-state index in [0.717, 1.165) is 12.3 Å². The van der Waals surface area contributed by atoms with Gasteiger partial charge in [0.1, 0.15) is 0 Å². The molecule has 5 aromatic rings. The molecule has 0 spiro atoms. The fraction of sp³-hybridized carbons (Fsp3) is 0.107. The lowest BCUT2D eigenvalue weighted by atomic mass is 9.87. The molecule has 38 heavy (non-hydrogen) atoms. The first-order valence-electron chi connectivity index (χ1n) is 11.2. The molecule has 190 valence electrons. The smallest absolute Gasteiger partial charge is 0.334 e. The van der Waals surface area contributed by atoms with Crippen LogP contribution in [0.5, 0.6) is 0 Å². The van der Waals surface area contributed by atoms with Crippen LogP contribution in [0.4, 0.5) is 17.6 Å². The van der Waals surface area contributed by atoms with Crippen LogP contribution in [0.3, 0.4) is 0 Å². The summed E-state index contributed by atoms with van der Waals surface area (Å²) >= 11 is 6.02. The van der Waals surface area contributed by atoms with Crippen LogP contribution < -0.4 is 5.56 Å². The van der Waals surface area contributed by atoms with Gasteiger partial charge in [-0.05, 0) is 41.5 Å². The second-order valence-electron chi connectivity index (χ2n) is 8.57. The zero-order valence-corrected chi connectivity index (χ0v) is 20.4. The highest BCUT2D eigenvalue weighted by atomic mass is 35.5. The number of terminal acetylenes is 1. The maximum atomic E-state index is 17.3. The van der Waals surface area contributed by atoms with Gasteiger partial charge in [0.2, 0.25) is 5.67 Å². The molecule has 1 unspecified atom stereocenters. The van der Waals surface area contributed by atoms with Gasteiger partial charge in [-0.25, -0.2) is 13.9 Å². The van der Waals surface area contributed by atoms with Crippen LogP contribution in [0.1, 0.15) is 22.5 Å². The topological polar surface area (TPSA) is 52.7 Å². The zero-order valence-electron chi connectivity index (χ0n) is 19.7. The number of aromatic nitrogens is 4. The summed E-state index contributed by atoms with van der Waals surface area (Å²) in [6, 6.07) is 14.5. The highest BCUT2D eigenvalue weighted by molar-refractivity contribution is 6.30. The van der Waals surface area contributed by atoms with E-state index in [9.17, 15) is 18.0 Å². The highest BCUT2D eigenvalue weighted by Crippen LogP contribution is 2.42. The molecule has 0 fully saturated rings. The van der Waals surface area contributed by atoms with Gasteiger partial charge in [0.05, 0.1) is 35.6 Å². The zero-order chi connectivity index (χ0) is 27.2. The van der Waals surface area contributed by atoms with Crippen molar-refractivity contribution in [2.24, 2.45) is 7.05 Å². The summed E-state index contributed by atoms with van der Waals surface area (Å²) in [5.41, 5.74) is -3.25. The second kappa shape index (κ2) is 9.15. The Morgan fingerprint density at radius 2 is 1.74 bits per heavy atom. The Kier molecular flexibility index (Phi) is 6.08. The van der Waals surface area contributed by atoms with Crippen molar-refractivity contribution in [3.05, 3.63) is 117 Å². The first-order valence-corrected chi connectivity index (χ1v) is 11.5. The van der Waals surface area contributed by atoms with Crippen molar-refractivity contribution in [1.82, 2.24) is 19.1 Å². The van der Waals surface area contributed by atoms with E-state index in [2.05, 4.69) is 15.9 Å². The Morgan fingerprint density at radius 1 is 1.00 bits per heavy atom. The number of alkyl halides is 4. The second-order valence-corrected chi connectivity index (χ2v) is 9.00.